The van der Waals surface area contributed by atoms with Crippen molar-refractivity contribution in [2.75, 3.05) is 6.54 Å². The number of β-lactam (4-membered cyclic amide) rings is 1. The van der Waals surface area contributed by atoms with Crippen molar-refractivity contribution in [2.24, 2.45) is 11.7 Å². The fraction of sp³-hybridized carbons (Fsp3) is 0.350. The average molecular weight is 396 g/mol. The number of carboxylic acid groups (broad SMARTS) is 1. The van der Waals surface area contributed by atoms with Crippen molar-refractivity contribution in [1.82, 2.24) is 9.80 Å². The maximum absolute atomic E-state index is 12.6. The van der Waals surface area contributed by atoms with Gasteiger partial charge in [-0.3, -0.25) is 14.4 Å². The lowest BCUT2D eigenvalue weighted by Gasteiger charge is -2.50. The van der Waals surface area contributed by atoms with Crippen LogP contribution in [0.15, 0.2) is 41.9 Å². The predicted molar refractivity (Wildman–Crippen MR) is 96.8 cm³/mol. The summed E-state index contributed by atoms with van der Waals surface area (Å²) < 4.78 is 1.62. The Hall–Kier alpha value is -3.49. The van der Waals surface area contributed by atoms with E-state index in [1.807, 2.05) is 0 Å². The van der Waals surface area contributed by atoms with Crippen LogP contribution in [0.1, 0.15) is 18.9 Å². The molecule has 1 aromatic heterocycles. The van der Waals surface area contributed by atoms with Crippen molar-refractivity contribution < 1.29 is 28.9 Å². The van der Waals surface area contributed by atoms with Gasteiger partial charge in [-0.1, -0.05) is 6.08 Å². The molecule has 3 atom stereocenters. The number of carboxylic acids is 1. The highest BCUT2D eigenvalue weighted by Gasteiger charge is 2.62. The van der Waals surface area contributed by atoms with Gasteiger partial charge in [0.1, 0.15) is 6.04 Å². The van der Waals surface area contributed by atoms with Crippen LogP contribution in [0.25, 0.3) is 6.08 Å². The van der Waals surface area contributed by atoms with Crippen molar-refractivity contribution in [3.8, 4) is 0 Å². The van der Waals surface area contributed by atoms with Crippen LogP contribution < -0.4 is 15.4 Å². The van der Waals surface area contributed by atoms with Crippen LogP contribution in [0.5, 0.6) is 0 Å². The van der Waals surface area contributed by atoms with Crippen LogP contribution >= 0.6 is 0 Å². The van der Waals surface area contributed by atoms with E-state index in [9.17, 15) is 24.3 Å². The lowest BCUT2D eigenvalue weighted by atomic mass is 9.79. The van der Waals surface area contributed by atoms with E-state index in [1.54, 1.807) is 41.2 Å². The number of likely N-dealkylation sites (tertiary alicyclic amines) is 1. The van der Waals surface area contributed by atoms with Gasteiger partial charge in [-0.15, -0.1) is 0 Å². The normalized spacial score (nSPS) is 25.3. The summed E-state index contributed by atoms with van der Waals surface area (Å²) in [7, 11) is 0. The SMILES string of the molecule is CC(=O)N1C[C@H]2CC(/C=C/c3ccc[n+](CC(N)=O)c3)=C(C(=O)[O-])N3C(=O)[C@@H]1[C@@H]23. The van der Waals surface area contributed by atoms with E-state index in [2.05, 4.69) is 0 Å². The molecule has 0 bridgehead atoms. The first kappa shape index (κ1) is 18.9. The van der Waals surface area contributed by atoms with E-state index < -0.39 is 17.9 Å². The summed E-state index contributed by atoms with van der Waals surface area (Å²) in [6.07, 6.45) is 7.22. The Balaban J connectivity index is 1.65. The molecule has 4 rings (SSSR count). The summed E-state index contributed by atoms with van der Waals surface area (Å²) in [5.74, 6) is -2.46. The van der Waals surface area contributed by atoms with Crippen LogP contribution in [0.2, 0.25) is 0 Å². The molecule has 0 aromatic carbocycles. The molecule has 0 aliphatic carbocycles. The third kappa shape index (κ3) is 3.08. The number of amides is 3. The van der Waals surface area contributed by atoms with Gasteiger partial charge in [-0.2, -0.15) is 4.57 Å². The van der Waals surface area contributed by atoms with Crippen molar-refractivity contribution in [3.63, 3.8) is 0 Å². The molecule has 0 radical (unpaired) electrons. The number of allylic oxidation sites excluding steroid dienone is 2. The Morgan fingerprint density at radius 2 is 2.10 bits per heavy atom. The van der Waals surface area contributed by atoms with E-state index in [-0.39, 0.29) is 36.0 Å². The standard InChI is InChI=1S/C20H20N4O5/c1-11(25)23-9-14-7-13(17(20(28)29)24-16(14)18(23)19(24)27)5-4-12-3-2-6-22(8-12)10-15(21)26/h2-6,8,14,16,18H,7,9-10H2,1H3,(H2-,21,26,28,29)/b5-4+/t14-,16-,18+/m1/s1. The van der Waals surface area contributed by atoms with E-state index >= 15 is 0 Å². The molecule has 2 saturated heterocycles. The minimum atomic E-state index is -1.41. The molecule has 3 amide bonds. The zero-order chi connectivity index (χ0) is 20.9. The summed E-state index contributed by atoms with van der Waals surface area (Å²) in [6.45, 7) is 1.87. The number of aliphatic carboxylic acids is 1. The van der Waals surface area contributed by atoms with Gasteiger partial charge in [-0.05, 0) is 24.1 Å². The second-order valence-corrected chi connectivity index (χ2v) is 7.55. The smallest absolute Gasteiger partial charge is 0.283 e. The molecule has 1 aromatic rings. The lowest BCUT2D eigenvalue weighted by Crippen LogP contribution is -2.69. The van der Waals surface area contributed by atoms with Gasteiger partial charge in [0.2, 0.25) is 12.5 Å². The zero-order valence-electron chi connectivity index (χ0n) is 15.8. The highest BCUT2D eigenvalue weighted by molar-refractivity contribution is 6.02. The fourth-order valence-electron chi connectivity index (χ4n) is 4.55. The van der Waals surface area contributed by atoms with E-state index in [0.717, 1.165) is 5.56 Å². The number of hydrogen-bond donors (Lipinski definition) is 1. The third-order valence-electron chi connectivity index (χ3n) is 5.68. The first-order chi connectivity index (χ1) is 13.8. The largest absolute Gasteiger partial charge is 0.543 e. The molecular weight excluding hydrogens is 376 g/mol. The molecule has 4 heterocycles. The van der Waals surface area contributed by atoms with Gasteiger partial charge in [0.05, 0.1) is 17.7 Å². The average Bonchev–Trinajstić information content (AvgIpc) is 3.02. The number of carbonyl (C=O) groups is 4. The number of nitrogens with two attached hydrogens (primary N) is 1. The molecule has 0 spiro atoms. The maximum atomic E-state index is 12.6. The monoisotopic (exact) mass is 396 g/mol. The lowest BCUT2D eigenvalue weighted by molar-refractivity contribution is -0.684. The first-order valence-corrected chi connectivity index (χ1v) is 9.28. The number of primary amides is 1. The topological polar surface area (TPSA) is 128 Å². The molecule has 0 saturated carbocycles. The van der Waals surface area contributed by atoms with Crippen LogP contribution in [-0.2, 0) is 25.7 Å². The predicted octanol–water partition coefficient (Wildman–Crippen LogP) is -2.06. The van der Waals surface area contributed by atoms with Gasteiger partial charge in [0, 0.05) is 31.0 Å². The molecule has 2 fully saturated rings. The molecule has 9 heteroatoms. The minimum absolute atomic E-state index is 0.0140. The van der Waals surface area contributed by atoms with Crippen LogP contribution in [0.4, 0.5) is 0 Å². The minimum Gasteiger partial charge on any atom is -0.543 e. The van der Waals surface area contributed by atoms with Crippen LogP contribution in [-0.4, -0.2) is 52.1 Å². The van der Waals surface area contributed by atoms with Gasteiger partial charge < -0.3 is 25.4 Å². The molecular formula is C20H20N4O5. The van der Waals surface area contributed by atoms with E-state index in [4.69, 9.17) is 5.73 Å². The van der Waals surface area contributed by atoms with Crippen molar-refractivity contribution >= 4 is 29.8 Å². The Morgan fingerprint density at radius 3 is 2.76 bits per heavy atom. The molecule has 3 aliphatic rings. The number of rotatable bonds is 5. The van der Waals surface area contributed by atoms with Gasteiger partial charge >= 0.3 is 0 Å². The van der Waals surface area contributed by atoms with Crippen molar-refractivity contribution in [2.45, 2.75) is 32.0 Å². The van der Waals surface area contributed by atoms with E-state index in [1.165, 1.54) is 16.7 Å². The molecule has 0 unspecified atom stereocenters. The Bertz CT molecular complexity index is 998. The van der Waals surface area contributed by atoms with Crippen LogP contribution in [0, 0.1) is 5.92 Å². The Morgan fingerprint density at radius 1 is 1.34 bits per heavy atom. The zero-order valence-corrected chi connectivity index (χ0v) is 15.8. The van der Waals surface area contributed by atoms with Gasteiger partial charge in [0.15, 0.2) is 12.4 Å². The quantitative estimate of drug-likeness (QED) is 0.452. The molecule has 29 heavy (non-hydrogen) atoms. The second-order valence-electron chi connectivity index (χ2n) is 7.55. The highest BCUT2D eigenvalue weighted by Crippen LogP contribution is 2.47. The molecule has 9 nitrogen and oxygen atoms in total. The van der Waals surface area contributed by atoms with Gasteiger partial charge in [-0.25, -0.2) is 0 Å². The van der Waals surface area contributed by atoms with Gasteiger partial charge in [0.25, 0.3) is 11.8 Å². The third-order valence-corrected chi connectivity index (χ3v) is 5.68. The maximum Gasteiger partial charge on any atom is 0.283 e. The summed E-state index contributed by atoms with van der Waals surface area (Å²) in [4.78, 5) is 50.1. The molecule has 2 N–H and O–H groups in total. The summed E-state index contributed by atoms with van der Waals surface area (Å²) in [5.41, 5.74) is 6.30. The number of pyridine rings is 1. The summed E-state index contributed by atoms with van der Waals surface area (Å²) in [5, 5.41) is 11.8. The highest BCUT2D eigenvalue weighted by atomic mass is 16.4. The Kier molecular flexibility index (Phi) is 4.45. The van der Waals surface area contributed by atoms with E-state index in [0.29, 0.717) is 18.5 Å². The number of hydrogen-bond acceptors (Lipinski definition) is 5. The fourth-order valence-corrected chi connectivity index (χ4v) is 4.55. The summed E-state index contributed by atoms with van der Waals surface area (Å²) in [6, 6.07) is 2.68. The summed E-state index contributed by atoms with van der Waals surface area (Å²) >= 11 is 0. The van der Waals surface area contributed by atoms with Crippen molar-refractivity contribution in [1.29, 1.82) is 0 Å². The first-order valence-electron chi connectivity index (χ1n) is 9.28. The second kappa shape index (κ2) is 6.84. The van der Waals surface area contributed by atoms with Crippen LogP contribution in [0.3, 0.4) is 0 Å². The number of carbonyl (C=O) groups excluding carboxylic acids is 4. The van der Waals surface area contributed by atoms with Crippen molar-refractivity contribution in [3.05, 3.63) is 47.4 Å². The number of nitrogens with zero attached hydrogens (tertiary/aromatic N) is 3. The Labute approximate surface area is 166 Å². The molecule has 150 valence electrons. The molecule has 3 aliphatic heterocycles. The number of aromatic nitrogens is 1.